The summed E-state index contributed by atoms with van der Waals surface area (Å²) in [5.41, 5.74) is -0.983. The van der Waals surface area contributed by atoms with Crippen LogP contribution in [-0.4, -0.2) is 22.8 Å². The molecule has 0 aromatic heterocycles. The third-order valence-corrected chi connectivity index (χ3v) is 1.94. The molecule has 19 heavy (non-hydrogen) atoms. The van der Waals surface area contributed by atoms with Gasteiger partial charge in [0, 0.05) is 6.42 Å². The van der Waals surface area contributed by atoms with Crippen molar-refractivity contribution in [2.24, 2.45) is 0 Å². The Morgan fingerprint density at radius 3 is 1.00 bits per heavy atom. The highest BCUT2D eigenvalue weighted by molar-refractivity contribution is 4.75. The van der Waals surface area contributed by atoms with Crippen LogP contribution in [0.1, 0.15) is 82.1 Å². The maximum atomic E-state index is 6.17. The summed E-state index contributed by atoms with van der Waals surface area (Å²) in [4.78, 5) is 0. The highest BCUT2D eigenvalue weighted by Crippen LogP contribution is 2.35. The van der Waals surface area contributed by atoms with Gasteiger partial charge in [-0.25, -0.2) is 0 Å². The number of hydrogen-bond acceptors (Lipinski definition) is 3. The fraction of sp³-hybridized carbons (Fsp3) is 1.00. The molecule has 0 fully saturated rings. The molecule has 0 aliphatic carbocycles. The molecule has 3 nitrogen and oxygen atoms in total. The van der Waals surface area contributed by atoms with Crippen LogP contribution in [-0.2, 0) is 14.2 Å². The lowest BCUT2D eigenvalue weighted by molar-refractivity contribution is -0.449. The molecular formula is C16H34O3. The van der Waals surface area contributed by atoms with E-state index in [1.54, 1.807) is 0 Å². The zero-order chi connectivity index (χ0) is 15.5. The van der Waals surface area contributed by atoms with Crippen LogP contribution in [0.3, 0.4) is 0 Å². The maximum absolute atomic E-state index is 6.17. The van der Waals surface area contributed by atoms with Gasteiger partial charge in [0.1, 0.15) is 0 Å². The monoisotopic (exact) mass is 274 g/mol. The molecule has 0 spiro atoms. The van der Waals surface area contributed by atoms with E-state index in [1.807, 2.05) is 62.3 Å². The standard InChI is InChI=1S/C16H34O3/c1-11-12-16(17-13(2,3)4,18-14(5,6)7)19-15(8,9)10/h11-12H2,1-10H3. The molecule has 3 heteroatoms. The van der Waals surface area contributed by atoms with Crippen molar-refractivity contribution in [3.8, 4) is 0 Å². The van der Waals surface area contributed by atoms with Gasteiger partial charge in [-0.2, -0.15) is 0 Å². The minimum Gasteiger partial charge on any atom is -0.322 e. The summed E-state index contributed by atoms with van der Waals surface area (Å²) in [7, 11) is 0. The van der Waals surface area contributed by atoms with Crippen molar-refractivity contribution >= 4 is 0 Å². The Morgan fingerprint density at radius 1 is 0.579 bits per heavy atom. The molecular weight excluding hydrogens is 240 g/mol. The Balaban J connectivity index is 5.34. The molecule has 0 bridgehead atoms. The van der Waals surface area contributed by atoms with E-state index in [1.165, 1.54) is 0 Å². The van der Waals surface area contributed by atoms with E-state index in [4.69, 9.17) is 14.2 Å². The fourth-order valence-electron chi connectivity index (χ4n) is 1.92. The highest BCUT2D eigenvalue weighted by Gasteiger charge is 2.43. The van der Waals surface area contributed by atoms with Crippen molar-refractivity contribution in [2.45, 2.75) is 105 Å². The third kappa shape index (κ3) is 9.42. The largest absolute Gasteiger partial charge is 0.322 e. The van der Waals surface area contributed by atoms with Crippen LogP contribution in [0.4, 0.5) is 0 Å². The molecule has 0 aromatic rings. The van der Waals surface area contributed by atoms with Crippen molar-refractivity contribution in [3.63, 3.8) is 0 Å². The molecule has 0 saturated carbocycles. The van der Waals surface area contributed by atoms with Crippen molar-refractivity contribution in [3.05, 3.63) is 0 Å². The SMILES string of the molecule is CCCC(OC(C)(C)C)(OC(C)(C)C)OC(C)(C)C. The van der Waals surface area contributed by atoms with Gasteiger partial charge in [-0.1, -0.05) is 6.92 Å². The van der Waals surface area contributed by atoms with Gasteiger partial charge >= 0.3 is 0 Å². The van der Waals surface area contributed by atoms with E-state index in [2.05, 4.69) is 6.92 Å². The van der Waals surface area contributed by atoms with Gasteiger partial charge in [-0.15, -0.1) is 0 Å². The second-order valence-electron chi connectivity index (χ2n) is 8.08. The average Bonchev–Trinajstić information content (AvgIpc) is 1.90. The van der Waals surface area contributed by atoms with Crippen LogP contribution >= 0.6 is 0 Å². The summed E-state index contributed by atoms with van der Waals surface area (Å²) >= 11 is 0. The van der Waals surface area contributed by atoms with Gasteiger partial charge < -0.3 is 14.2 Å². The van der Waals surface area contributed by atoms with Gasteiger partial charge in [-0.3, -0.25) is 0 Å². The zero-order valence-corrected chi connectivity index (χ0v) is 14.6. The molecule has 0 unspecified atom stereocenters. The first-order valence-corrected chi connectivity index (χ1v) is 7.29. The lowest BCUT2D eigenvalue weighted by atomic mass is 10.1. The van der Waals surface area contributed by atoms with Gasteiger partial charge in [0.15, 0.2) is 0 Å². The zero-order valence-electron chi connectivity index (χ0n) is 14.6. The second kappa shape index (κ2) is 6.11. The molecule has 0 saturated heterocycles. The van der Waals surface area contributed by atoms with E-state index in [9.17, 15) is 0 Å². The van der Waals surface area contributed by atoms with Crippen LogP contribution in [0.15, 0.2) is 0 Å². The molecule has 0 radical (unpaired) electrons. The second-order valence-corrected chi connectivity index (χ2v) is 8.08. The highest BCUT2D eigenvalue weighted by atomic mass is 16.9. The molecule has 0 aromatic carbocycles. The normalized spacial score (nSPS) is 14.8. The van der Waals surface area contributed by atoms with Crippen LogP contribution < -0.4 is 0 Å². The molecule has 0 rings (SSSR count). The summed E-state index contributed by atoms with van der Waals surface area (Å²) in [5, 5.41) is 0. The predicted molar refractivity (Wildman–Crippen MR) is 80.2 cm³/mol. The first-order chi connectivity index (χ1) is 8.18. The summed E-state index contributed by atoms with van der Waals surface area (Å²) in [6.45, 7) is 20.3. The minimum atomic E-state index is -0.997. The lowest BCUT2D eigenvalue weighted by Gasteiger charge is -2.45. The van der Waals surface area contributed by atoms with Crippen LogP contribution in [0, 0.1) is 0 Å². The van der Waals surface area contributed by atoms with Crippen LogP contribution in [0.2, 0.25) is 0 Å². The molecule has 0 aliphatic heterocycles. The number of hydrogen-bond donors (Lipinski definition) is 0. The molecule has 0 atom stereocenters. The molecule has 116 valence electrons. The Labute approximate surface area is 120 Å². The molecule has 0 amide bonds. The van der Waals surface area contributed by atoms with Crippen molar-refractivity contribution < 1.29 is 14.2 Å². The van der Waals surface area contributed by atoms with E-state index in [0.29, 0.717) is 6.42 Å². The molecule has 0 N–H and O–H groups in total. The van der Waals surface area contributed by atoms with Gasteiger partial charge in [0.05, 0.1) is 16.8 Å². The van der Waals surface area contributed by atoms with Gasteiger partial charge in [0.25, 0.3) is 5.97 Å². The van der Waals surface area contributed by atoms with Crippen LogP contribution in [0.25, 0.3) is 0 Å². The quantitative estimate of drug-likeness (QED) is 0.668. The first-order valence-electron chi connectivity index (χ1n) is 7.29. The Hall–Kier alpha value is -0.120. The summed E-state index contributed by atoms with van der Waals surface area (Å²) in [6, 6.07) is 0. The van der Waals surface area contributed by atoms with Crippen molar-refractivity contribution in [1.82, 2.24) is 0 Å². The maximum Gasteiger partial charge on any atom is 0.284 e. The van der Waals surface area contributed by atoms with E-state index in [0.717, 1.165) is 6.42 Å². The van der Waals surface area contributed by atoms with Crippen molar-refractivity contribution in [1.29, 1.82) is 0 Å². The van der Waals surface area contributed by atoms with Crippen LogP contribution in [0.5, 0.6) is 0 Å². The smallest absolute Gasteiger partial charge is 0.284 e. The molecule has 0 aliphatic rings. The van der Waals surface area contributed by atoms with Gasteiger partial charge in [-0.05, 0) is 68.7 Å². The third-order valence-electron chi connectivity index (χ3n) is 1.94. The number of rotatable bonds is 5. The van der Waals surface area contributed by atoms with Crippen molar-refractivity contribution in [2.75, 3.05) is 0 Å². The average molecular weight is 274 g/mol. The predicted octanol–water partition coefficient (Wildman–Crippen LogP) is 4.89. The number of ether oxygens (including phenoxy) is 3. The van der Waals surface area contributed by atoms with E-state index < -0.39 is 5.97 Å². The fourth-order valence-corrected chi connectivity index (χ4v) is 1.92. The van der Waals surface area contributed by atoms with E-state index in [-0.39, 0.29) is 16.8 Å². The Bertz CT molecular complexity index is 222. The first kappa shape index (κ1) is 18.9. The Morgan fingerprint density at radius 2 is 0.842 bits per heavy atom. The topological polar surface area (TPSA) is 27.7 Å². The minimum absolute atomic E-state index is 0.328. The lowest BCUT2D eigenvalue weighted by Crippen LogP contribution is -2.52. The van der Waals surface area contributed by atoms with Gasteiger partial charge in [0.2, 0.25) is 0 Å². The summed E-state index contributed by atoms with van der Waals surface area (Å²) < 4.78 is 18.5. The molecule has 0 heterocycles. The van der Waals surface area contributed by atoms with E-state index >= 15 is 0 Å². The summed E-state index contributed by atoms with van der Waals surface area (Å²) in [6.07, 6.45) is 1.64. The summed E-state index contributed by atoms with van der Waals surface area (Å²) in [5.74, 6) is -0.997. The Kier molecular flexibility index (Phi) is 6.07.